The molecule has 1 amide bonds. The third-order valence-electron chi connectivity index (χ3n) is 4.72. The first kappa shape index (κ1) is 16.5. The zero-order valence-corrected chi connectivity index (χ0v) is 14.0. The fourth-order valence-electron chi connectivity index (χ4n) is 3.48. The minimum Gasteiger partial charge on any atom is -0.352 e. The molecule has 1 N–H and O–H groups in total. The maximum Gasteiger partial charge on any atom is 0.331 e. The molecule has 0 bridgehead atoms. The molecule has 1 aromatic carbocycles. The van der Waals surface area contributed by atoms with Crippen LogP contribution in [-0.4, -0.2) is 21.1 Å². The van der Waals surface area contributed by atoms with Crippen molar-refractivity contribution in [2.24, 2.45) is 0 Å². The van der Waals surface area contributed by atoms with Gasteiger partial charge in [-0.05, 0) is 31.9 Å². The molecule has 0 saturated heterocycles. The Labute approximate surface area is 140 Å². The minimum atomic E-state index is -0.431. The van der Waals surface area contributed by atoms with Crippen molar-refractivity contribution < 1.29 is 4.79 Å². The first-order chi connectivity index (χ1) is 11.6. The van der Waals surface area contributed by atoms with E-state index in [2.05, 4.69) is 5.32 Å². The second-order valence-corrected chi connectivity index (χ2v) is 6.34. The normalized spacial score (nSPS) is 15.5. The summed E-state index contributed by atoms with van der Waals surface area (Å²) in [6.45, 7) is 2.08. The Morgan fingerprint density at radius 3 is 2.54 bits per heavy atom. The second-order valence-electron chi connectivity index (χ2n) is 6.34. The lowest BCUT2D eigenvalue weighted by Crippen LogP contribution is -2.45. The molecular weight excluding hydrogens is 306 g/mol. The predicted molar refractivity (Wildman–Crippen MR) is 93.2 cm³/mol. The standard InChI is InChI=1S/C18H23N3O3/c1-2-20-15-11-7-6-10-14(15)17(23)21(18(20)24)12-16(22)19-13-8-4-3-5-9-13/h6-7,10-11,13H,2-5,8-9,12H2,1H3,(H,19,22). The Morgan fingerprint density at radius 2 is 1.83 bits per heavy atom. The van der Waals surface area contributed by atoms with Crippen molar-refractivity contribution >= 4 is 16.8 Å². The maximum atomic E-state index is 12.6. The molecular formula is C18H23N3O3. The first-order valence-corrected chi connectivity index (χ1v) is 8.63. The van der Waals surface area contributed by atoms with Gasteiger partial charge in [0.2, 0.25) is 5.91 Å². The van der Waals surface area contributed by atoms with Gasteiger partial charge in [-0.2, -0.15) is 0 Å². The molecule has 128 valence electrons. The van der Waals surface area contributed by atoms with Crippen molar-refractivity contribution in [2.75, 3.05) is 0 Å². The van der Waals surface area contributed by atoms with Crippen LogP contribution in [0.1, 0.15) is 39.0 Å². The lowest BCUT2D eigenvalue weighted by molar-refractivity contribution is -0.122. The maximum absolute atomic E-state index is 12.6. The topological polar surface area (TPSA) is 73.1 Å². The third-order valence-corrected chi connectivity index (χ3v) is 4.72. The number of carbonyl (C=O) groups excluding carboxylic acids is 1. The summed E-state index contributed by atoms with van der Waals surface area (Å²) in [5.41, 5.74) is -0.224. The number of aryl methyl sites for hydroxylation is 1. The summed E-state index contributed by atoms with van der Waals surface area (Å²) in [7, 11) is 0. The zero-order valence-electron chi connectivity index (χ0n) is 14.0. The number of nitrogens with zero attached hydrogens (tertiary/aromatic N) is 2. The van der Waals surface area contributed by atoms with Gasteiger partial charge in [-0.3, -0.25) is 18.7 Å². The number of aromatic nitrogens is 2. The minimum absolute atomic E-state index is 0.163. The highest BCUT2D eigenvalue weighted by Crippen LogP contribution is 2.17. The highest BCUT2D eigenvalue weighted by molar-refractivity contribution is 5.79. The SMILES string of the molecule is CCn1c(=O)n(CC(=O)NC2CCCCC2)c(=O)c2ccccc21. The highest BCUT2D eigenvalue weighted by atomic mass is 16.2. The largest absolute Gasteiger partial charge is 0.352 e. The number of para-hydroxylation sites is 1. The molecule has 0 radical (unpaired) electrons. The van der Waals surface area contributed by atoms with Crippen LogP contribution in [0.25, 0.3) is 10.9 Å². The molecule has 1 fully saturated rings. The summed E-state index contributed by atoms with van der Waals surface area (Å²) < 4.78 is 2.58. The van der Waals surface area contributed by atoms with Crippen LogP contribution in [-0.2, 0) is 17.9 Å². The van der Waals surface area contributed by atoms with Crippen LogP contribution in [0.5, 0.6) is 0 Å². The molecule has 6 nitrogen and oxygen atoms in total. The first-order valence-electron chi connectivity index (χ1n) is 8.63. The molecule has 3 rings (SSSR count). The summed E-state index contributed by atoms with van der Waals surface area (Å²) >= 11 is 0. The van der Waals surface area contributed by atoms with Gasteiger partial charge in [-0.15, -0.1) is 0 Å². The molecule has 0 aliphatic heterocycles. The second kappa shape index (κ2) is 7.03. The van der Waals surface area contributed by atoms with E-state index >= 15 is 0 Å². The zero-order chi connectivity index (χ0) is 17.1. The average molecular weight is 329 g/mol. The molecule has 1 aromatic heterocycles. The Hall–Kier alpha value is -2.37. The van der Waals surface area contributed by atoms with E-state index in [0.29, 0.717) is 17.4 Å². The molecule has 2 aromatic rings. The number of rotatable bonds is 4. The van der Waals surface area contributed by atoms with Crippen molar-refractivity contribution in [3.63, 3.8) is 0 Å². The summed E-state index contributed by atoms with van der Waals surface area (Å²) in [6.07, 6.45) is 5.37. The molecule has 1 heterocycles. The quantitative estimate of drug-likeness (QED) is 0.926. The van der Waals surface area contributed by atoms with Crippen LogP contribution in [0.15, 0.2) is 33.9 Å². The fourth-order valence-corrected chi connectivity index (χ4v) is 3.48. The Morgan fingerprint density at radius 1 is 1.12 bits per heavy atom. The molecule has 0 unspecified atom stereocenters. The third kappa shape index (κ3) is 3.13. The summed E-state index contributed by atoms with van der Waals surface area (Å²) in [6, 6.07) is 7.18. The van der Waals surface area contributed by atoms with Crippen LogP contribution in [0.2, 0.25) is 0 Å². The smallest absolute Gasteiger partial charge is 0.331 e. The fraction of sp³-hybridized carbons (Fsp3) is 0.500. The summed E-state index contributed by atoms with van der Waals surface area (Å²) in [5.74, 6) is -0.265. The van der Waals surface area contributed by atoms with Crippen molar-refractivity contribution in [1.82, 2.24) is 14.5 Å². The van der Waals surface area contributed by atoms with Gasteiger partial charge < -0.3 is 5.32 Å². The lowest BCUT2D eigenvalue weighted by atomic mass is 9.95. The average Bonchev–Trinajstić information content (AvgIpc) is 2.60. The predicted octanol–water partition coefficient (Wildman–Crippen LogP) is 1.63. The van der Waals surface area contributed by atoms with Gasteiger partial charge in [0.25, 0.3) is 5.56 Å². The Bertz CT molecular complexity index is 860. The van der Waals surface area contributed by atoms with E-state index in [1.165, 1.54) is 11.0 Å². The van der Waals surface area contributed by atoms with E-state index < -0.39 is 11.2 Å². The van der Waals surface area contributed by atoms with Crippen molar-refractivity contribution in [3.05, 3.63) is 45.1 Å². The molecule has 24 heavy (non-hydrogen) atoms. The van der Waals surface area contributed by atoms with Crippen LogP contribution >= 0.6 is 0 Å². The number of hydrogen-bond acceptors (Lipinski definition) is 3. The van der Waals surface area contributed by atoms with Crippen LogP contribution < -0.4 is 16.6 Å². The number of hydrogen-bond donors (Lipinski definition) is 1. The Kier molecular flexibility index (Phi) is 4.83. The van der Waals surface area contributed by atoms with Gasteiger partial charge in [0.15, 0.2) is 0 Å². The Balaban J connectivity index is 1.93. The summed E-state index contributed by atoms with van der Waals surface area (Å²) in [4.78, 5) is 37.5. The van der Waals surface area contributed by atoms with Gasteiger partial charge in [-0.1, -0.05) is 31.4 Å². The molecule has 0 atom stereocenters. The van der Waals surface area contributed by atoms with Gasteiger partial charge in [-0.25, -0.2) is 4.79 Å². The highest BCUT2D eigenvalue weighted by Gasteiger charge is 2.18. The van der Waals surface area contributed by atoms with Gasteiger partial charge in [0, 0.05) is 12.6 Å². The van der Waals surface area contributed by atoms with Crippen LogP contribution in [0.4, 0.5) is 0 Å². The molecule has 0 spiro atoms. The summed E-state index contributed by atoms with van der Waals surface area (Å²) in [5, 5.41) is 3.42. The van der Waals surface area contributed by atoms with E-state index in [1.807, 2.05) is 6.92 Å². The number of nitrogens with one attached hydrogen (secondary N) is 1. The van der Waals surface area contributed by atoms with Crippen LogP contribution in [0, 0.1) is 0 Å². The number of fused-ring (bicyclic) bond motifs is 1. The van der Waals surface area contributed by atoms with E-state index in [4.69, 9.17) is 0 Å². The van der Waals surface area contributed by atoms with Crippen molar-refractivity contribution in [1.29, 1.82) is 0 Å². The van der Waals surface area contributed by atoms with E-state index in [-0.39, 0.29) is 18.5 Å². The molecule has 1 aliphatic carbocycles. The van der Waals surface area contributed by atoms with Gasteiger partial charge >= 0.3 is 5.69 Å². The molecule has 1 aliphatic rings. The molecule has 6 heteroatoms. The number of amides is 1. The van der Waals surface area contributed by atoms with Gasteiger partial charge in [0.05, 0.1) is 10.9 Å². The number of benzene rings is 1. The van der Waals surface area contributed by atoms with Crippen molar-refractivity contribution in [3.8, 4) is 0 Å². The monoisotopic (exact) mass is 329 g/mol. The van der Waals surface area contributed by atoms with Crippen LogP contribution in [0.3, 0.4) is 0 Å². The molecule has 1 saturated carbocycles. The van der Waals surface area contributed by atoms with E-state index in [0.717, 1.165) is 30.3 Å². The number of carbonyl (C=O) groups is 1. The lowest BCUT2D eigenvalue weighted by Gasteiger charge is -2.23. The van der Waals surface area contributed by atoms with Gasteiger partial charge in [0.1, 0.15) is 6.54 Å². The van der Waals surface area contributed by atoms with Crippen molar-refractivity contribution in [2.45, 2.75) is 58.2 Å². The van der Waals surface area contributed by atoms with E-state index in [1.54, 1.807) is 24.3 Å². The van der Waals surface area contributed by atoms with E-state index in [9.17, 15) is 14.4 Å².